The molecule has 0 aromatic heterocycles. The Labute approximate surface area is 88.6 Å². The number of carbonyl (C=O) groups is 1. The summed E-state index contributed by atoms with van der Waals surface area (Å²) in [5.74, 6) is -0.378. The van der Waals surface area contributed by atoms with E-state index in [1.165, 1.54) is 13.2 Å². The average molecular weight is 201 g/mol. The van der Waals surface area contributed by atoms with E-state index >= 15 is 0 Å². The van der Waals surface area contributed by atoms with Crippen molar-refractivity contribution in [2.45, 2.75) is 6.92 Å². The highest BCUT2D eigenvalue weighted by Gasteiger charge is 1.99. The smallest absolute Gasteiger partial charge is 0.330 e. The van der Waals surface area contributed by atoms with Crippen LogP contribution in [0.3, 0.4) is 0 Å². The van der Waals surface area contributed by atoms with Crippen LogP contribution in [0.4, 0.5) is 0 Å². The van der Waals surface area contributed by atoms with Gasteiger partial charge in [0.25, 0.3) is 0 Å². The van der Waals surface area contributed by atoms with Gasteiger partial charge in [-0.25, -0.2) is 4.79 Å². The first-order valence-corrected chi connectivity index (χ1v) is 4.44. The van der Waals surface area contributed by atoms with Crippen LogP contribution >= 0.6 is 0 Å². The first kappa shape index (κ1) is 11.0. The Bertz CT molecular complexity index is 424. The Morgan fingerprint density at radius 2 is 2.00 bits per heavy atom. The van der Waals surface area contributed by atoms with Crippen LogP contribution in [-0.2, 0) is 9.53 Å². The molecule has 0 aliphatic carbocycles. The monoisotopic (exact) mass is 201 g/mol. The zero-order valence-electron chi connectivity index (χ0n) is 8.65. The van der Waals surface area contributed by atoms with E-state index in [0.29, 0.717) is 5.56 Å². The number of hydrogen-bond acceptors (Lipinski definition) is 3. The maximum atomic E-state index is 11.0. The van der Waals surface area contributed by atoms with Gasteiger partial charge in [0, 0.05) is 6.08 Å². The summed E-state index contributed by atoms with van der Waals surface area (Å²) in [5, 5.41) is 8.61. The summed E-state index contributed by atoms with van der Waals surface area (Å²) < 4.78 is 4.52. The van der Waals surface area contributed by atoms with Gasteiger partial charge in [-0.2, -0.15) is 5.26 Å². The van der Waals surface area contributed by atoms with Crippen LogP contribution < -0.4 is 0 Å². The van der Waals surface area contributed by atoms with Gasteiger partial charge in [-0.05, 0) is 30.2 Å². The molecule has 0 amide bonds. The van der Waals surface area contributed by atoms with Crippen molar-refractivity contribution in [2.75, 3.05) is 7.11 Å². The number of methoxy groups -OCH3 is 1. The van der Waals surface area contributed by atoms with Crippen molar-refractivity contribution in [1.82, 2.24) is 0 Å². The summed E-state index contributed by atoms with van der Waals surface area (Å²) >= 11 is 0. The van der Waals surface area contributed by atoms with Crippen molar-refractivity contribution in [1.29, 1.82) is 5.26 Å². The molecule has 0 spiro atoms. The molecule has 0 N–H and O–H groups in total. The second-order valence-corrected chi connectivity index (χ2v) is 3.04. The van der Waals surface area contributed by atoms with E-state index in [9.17, 15) is 4.79 Å². The summed E-state index contributed by atoms with van der Waals surface area (Å²) in [6.45, 7) is 1.82. The highest BCUT2D eigenvalue weighted by molar-refractivity contribution is 5.90. The standard InChI is InChI=1S/C12H11NO2/c1-9(7-12(14)15-2)11-5-3-10(8-13)4-6-11/h3-7H,1-2H3/b9-7-. The predicted octanol–water partition coefficient (Wildman–Crippen LogP) is 2.13. The average Bonchev–Trinajstić information content (AvgIpc) is 2.29. The van der Waals surface area contributed by atoms with E-state index in [2.05, 4.69) is 4.74 Å². The molecule has 3 heteroatoms. The normalized spacial score (nSPS) is 10.6. The lowest BCUT2D eigenvalue weighted by atomic mass is 10.1. The van der Waals surface area contributed by atoms with Crippen LogP contribution in [0.25, 0.3) is 5.57 Å². The van der Waals surface area contributed by atoms with Gasteiger partial charge in [0.15, 0.2) is 0 Å². The van der Waals surface area contributed by atoms with Crippen molar-refractivity contribution in [3.8, 4) is 6.07 Å². The molecule has 0 saturated heterocycles. The summed E-state index contributed by atoms with van der Waals surface area (Å²) in [7, 11) is 1.34. The van der Waals surface area contributed by atoms with Crippen LogP contribution in [0.5, 0.6) is 0 Å². The van der Waals surface area contributed by atoms with Crippen LogP contribution in [0, 0.1) is 11.3 Å². The van der Waals surface area contributed by atoms with Crippen LogP contribution in [0.15, 0.2) is 30.3 Å². The fraction of sp³-hybridized carbons (Fsp3) is 0.167. The Kier molecular flexibility index (Phi) is 3.64. The summed E-state index contributed by atoms with van der Waals surface area (Å²) in [5.41, 5.74) is 2.32. The molecular formula is C12H11NO2. The molecule has 0 fully saturated rings. The molecule has 15 heavy (non-hydrogen) atoms. The number of ether oxygens (including phenoxy) is 1. The largest absolute Gasteiger partial charge is 0.466 e. The van der Waals surface area contributed by atoms with Gasteiger partial charge in [0.2, 0.25) is 0 Å². The predicted molar refractivity (Wildman–Crippen MR) is 56.8 cm³/mol. The maximum absolute atomic E-state index is 11.0. The van der Waals surface area contributed by atoms with Crippen molar-refractivity contribution in [3.63, 3.8) is 0 Å². The molecule has 0 saturated carbocycles. The summed E-state index contributed by atoms with van der Waals surface area (Å²) in [4.78, 5) is 11.0. The SMILES string of the molecule is COC(=O)/C=C(/C)c1ccc(C#N)cc1. The summed E-state index contributed by atoms with van der Waals surface area (Å²) in [6, 6.07) is 9.06. The minimum Gasteiger partial charge on any atom is -0.466 e. The topological polar surface area (TPSA) is 50.1 Å². The van der Waals surface area contributed by atoms with Gasteiger partial charge in [0.05, 0.1) is 18.7 Å². The molecule has 3 nitrogen and oxygen atoms in total. The quantitative estimate of drug-likeness (QED) is 0.544. The molecule has 76 valence electrons. The zero-order valence-corrected chi connectivity index (χ0v) is 8.65. The number of esters is 1. The third-order valence-corrected chi connectivity index (χ3v) is 2.00. The Balaban J connectivity index is 2.93. The minimum atomic E-state index is -0.378. The molecule has 0 aliphatic heterocycles. The van der Waals surface area contributed by atoms with Gasteiger partial charge in [-0.15, -0.1) is 0 Å². The van der Waals surface area contributed by atoms with Gasteiger partial charge in [-0.3, -0.25) is 0 Å². The van der Waals surface area contributed by atoms with Crippen molar-refractivity contribution in [3.05, 3.63) is 41.5 Å². The number of carbonyl (C=O) groups excluding carboxylic acids is 1. The molecule has 0 atom stereocenters. The van der Waals surface area contributed by atoms with E-state index in [4.69, 9.17) is 5.26 Å². The van der Waals surface area contributed by atoms with Crippen molar-refractivity contribution < 1.29 is 9.53 Å². The van der Waals surface area contributed by atoms with Crippen molar-refractivity contribution >= 4 is 11.5 Å². The number of nitriles is 1. The second-order valence-electron chi connectivity index (χ2n) is 3.04. The van der Waals surface area contributed by atoms with E-state index in [0.717, 1.165) is 11.1 Å². The van der Waals surface area contributed by atoms with Crippen molar-refractivity contribution in [2.24, 2.45) is 0 Å². The first-order chi connectivity index (χ1) is 7.17. The number of rotatable bonds is 2. The fourth-order valence-corrected chi connectivity index (χ4v) is 1.13. The lowest BCUT2D eigenvalue weighted by Gasteiger charge is -2.00. The van der Waals surface area contributed by atoms with Crippen LogP contribution in [0.1, 0.15) is 18.1 Å². The molecule has 0 bridgehead atoms. The molecule has 0 heterocycles. The third kappa shape index (κ3) is 2.96. The minimum absolute atomic E-state index is 0.378. The van der Waals surface area contributed by atoms with E-state index in [-0.39, 0.29) is 5.97 Å². The second kappa shape index (κ2) is 4.97. The third-order valence-electron chi connectivity index (χ3n) is 2.00. The zero-order chi connectivity index (χ0) is 11.3. The first-order valence-electron chi connectivity index (χ1n) is 4.44. The Morgan fingerprint density at radius 1 is 1.40 bits per heavy atom. The molecule has 1 rings (SSSR count). The molecule has 0 aliphatic rings. The molecule has 0 unspecified atom stereocenters. The van der Waals surface area contributed by atoms with E-state index in [1.807, 2.05) is 13.0 Å². The van der Waals surface area contributed by atoms with E-state index < -0.39 is 0 Å². The highest BCUT2D eigenvalue weighted by atomic mass is 16.5. The van der Waals surface area contributed by atoms with Crippen LogP contribution in [0.2, 0.25) is 0 Å². The lowest BCUT2D eigenvalue weighted by Crippen LogP contribution is -1.95. The van der Waals surface area contributed by atoms with Gasteiger partial charge < -0.3 is 4.74 Å². The Hall–Kier alpha value is -2.08. The number of hydrogen-bond donors (Lipinski definition) is 0. The Morgan fingerprint density at radius 3 is 2.47 bits per heavy atom. The molecular weight excluding hydrogens is 190 g/mol. The number of nitrogens with zero attached hydrogens (tertiary/aromatic N) is 1. The fourth-order valence-electron chi connectivity index (χ4n) is 1.13. The molecule has 1 aromatic carbocycles. The molecule has 1 aromatic rings. The van der Waals surface area contributed by atoms with Crippen LogP contribution in [-0.4, -0.2) is 13.1 Å². The number of allylic oxidation sites excluding steroid dienone is 1. The summed E-state index contributed by atoms with van der Waals surface area (Å²) in [6.07, 6.45) is 1.42. The van der Waals surface area contributed by atoms with E-state index in [1.54, 1.807) is 24.3 Å². The lowest BCUT2D eigenvalue weighted by molar-refractivity contribution is -0.134. The maximum Gasteiger partial charge on any atom is 0.330 e. The highest BCUT2D eigenvalue weighted by Crippen LogP contribution is 2.14. The van der Waals surface area contributed by atoms with Gasteiger partial charge in [0.1, 0.15) is 0 Å². The van der Waals surface area contributed by atoms with Gasteiger partial charge >= 0.3 is 5.97 Å². The van der Waals surface area contributed by atoms with Gasteiger partial charge in [-0.1, -0.05) is 12.1 Å². The molecule has 0 radical (unpaired) electrons. The number of benzene rings is 1.